The first-order chi connectivity index (χ1) is 8.75. The highest BCUT2D eigenvalue weighted by Gasteiger charge is 2.37. The van der Waals surface area contributed by atoms with Crippen LogP contribution in [-0.2, 0) is 4.74 Å². The number of hydrogen-bond donors (Lipinski definition) is 0. The maximum atomic E-state index is 11.3. The van der Waals surface area contributed by atoms with E-state index in [0.29, 0.717) is 11.1 Å². The normalized spacial score (nSPS) is 12.8. The minimum Gasteiger partial charge on any atom is -0.465 e. The molecule has 1 rings (SSSR count). The molecular formula is C11H10Cl3NO4. The fourth-order valence-electron chi connectivity index (χ4n) is 1.52. The quantitative estimate of drug-likeness (QED) is 0.369. The molecule has 1 unspecified atom stereocenters. The highest BCUT2D eigenvalue weighted by Crippen LogP contribution is 2.41. The molecule has 104 valence electrons. The van der Waals surface area contributed by atoms with E-state index in [1.165, 1.54) is 31.4 Å². The molecule has 0 aromatic heterocycles. The van der Waals surface area contributed by atoms with Crippen molar-refractivity contribution in [1.82, 2.24) is 0 Å². The number of carbonyl (C=O) groups excluding carboxylic acids is 1. The van der Waals surface area contributed by atoms with Crippen LogP contribution >= 0.6 is 34.8 Å². The Morgan fingerprint density at radius 1 is 1.37 bits per heavy atom. The monoisotopic (exact) mass is 325 g/mol. The molecule has 0 bridgehead atoms. The lowest BCUT2D eigenvalue weighted by molar-refractivity contribution is -0.483. The molecule has 0 radical (unpaired) electrons. The molecule has 0 aliphatic heterocycles. The second kappa shape index (κ2) is 6.41. The van der Waals surface area contributed by atoms with E-state index in [1.807, 2.05) is 0 Å². The first-order valence-corrected chi connectivity index (χ1v) is 6.26. The van der Waals surface area contributed by atoms with Gasteiger partial charge < -0.3 is 4.74 Å². The highest BCUT2D eigenvalue weighted by atomic mass is 35.6. The summed E-state index contributed by atoms with van der Waals surface area (Å²) in [5.74, 6) is -1.41. The van der Waals surface area contributed by atoms with Crippen molar-refractivity contribution in [2.75, 3.05) is 13.7 Å². The lowest BCUT2D eigenvalue weighted by Gasteiger charge is -2.21. The molecule has 19 heavy (non-hydrogen) atoms. The van der Waals surface area contributed by atoms with Gasteiger partial charge in [0.25, 0.3) is 0 Å². The van der Waals surface area contributed by atoms with Gasteiger partial charge in [-0.15, -0.1) is 0 Å². The van der Waals surface area contributed by atoms with Crippen LogP contribution in [0.15, 0.2) is 24.3 Å². The van der Waals surface area contributed by atoms with Crippen LogP contribution in [0.1, 0.15) is 21.8 Å². The molecule has 0 aliphatic carbocycles. The first kappa shape index (κ1) is 16.0. The maximum Gasteiger partial charge on any atom is 0.337 e. The van der Waals surface area contributed by atoms with Crippen molar-refractivity contribution in [1.29, 1.82) is 0 Å². The highest BCUT2D eigenvalue weighted by molar-refractivity contribution is 6.68. The summed E-state index contributed by atoms with van der Waals surface area (Å²) in [6.45, 7) is -0.520. The number of halogens is 3. The van der Waals surface area contributed by atoms with Gasteiger partial charge in [0, 0.05) is 4.92 Å². The molecule has 0 spiro atoms. The summed E-state index contributed by atoms with van der Waals surface area (Å²) >= 11 is 17.2. The number of nitro groups is 1. The summed E-state index contributed by atoms with van der Waals surface area (Å²) in [4.78, 5) is 21.3. The van der Waals surface area contributed by atoms with Crippen LogP contribution in [0, 0.1) is 10.1 Å². The molecule has 0 saturated carbocycles. The molecule has 0 aliphatic rings. The van der Waals surface area contributed by atoms with Gasteiger partial charge in [-0.25, -0.2) is 4.79 Å². The number of ether oxygens (including phenoxy) is 1. The lowest BCUT2D eigenvalue weighted by atomic mass is 9.99. The van der Waals surface area contributed by atoms with E-state index in [2.05, 4.69) is 4.74 Å². The summed E-state index contributed by atoms with van der Waals surface area (Å²) in [6, 6.07) is 5.93. The Bertz CT molecular complexity index is 470. The molecule has 0 N–H and O–H groups in total. The molecule has 5 nitrogen and oxygen atoms in total. The number of rotatable bonds is 4. The molecule has 8 heteroatoms. The lowest BCUT2D eigenvalue weighted by Crippen LogP contribution is -2.25. The largest absolute Gasteiger partial charge is 0.465 e. The minimum atomic E-state index is -1.81. The molecule has 1 atom stereocenters. The SMILES string of the molecule is COC(=O)c1ccc(C(C[N+](=O)[O-])C(Cl)(Cl)Cl)cc1. The van der Waals surface area contributed by atoms with Crippen LogP contribution in [0.3, 0.4) is 0 Å². The Labute approximate surface area is 124 Å². The average Bonchev–Trinajstić information content (AvgIpc) is 2.34. The molecule has 1 aromatic carbocycles. The Kier molecular flexibility index (Phi) is 5.40. The molecule has 1 aromatic rings. The van der Waals surface area contributed by atoms with Gasteiger partial charge in [-0.2, -0.15) is 0 Å². The first-order valence-electron chi connectivity index (χ1n) is 5.12. The van der Waals surface area contributed by atoms with Crippen LogP contribution in [0.5, 0.6) is 0 Å². The Morgan fingerprint density at radius 3 is 2.26 bits per heavy atom. The van der Waals surface area contributed by atoms with E-state index in [1.54, 1.807) is 0 Å². The van der Waals surface area contributed by atoms with Crippen LogP contribution in [0.2, 0.25) is 0 Å². The Morgan fingerprint density at radius 2 is 1.89 bits per heavy atom. The molecule has 0 heterocycles. The zero-order chi connectivity index (χ0) is 14.6. The van der Waals surface area contributed by atoms with E-state index in [-0.39, 0.29) is 0 Å². The van der Waals surface area contributed by atoms with Crippen molar-refractivity contribution in [2.24, 2.45) is 0 Å². The van der Waals surface area contributed by atoms with Crippen molar-refractivity contribution in [3.05, 3.63) is 45.5 Å². The maximum absolute atomic E-state index is 11.3. The fraction of sp³-hybridized carbons (Fsp3) is 0.364. The van der Waals surface area contributed by atoms with Gasteiger partial charge >= 0.3 is 5.97 Å². The van der Waals surface area contributed by atoms with E-state index < -0.39 is 27.1 Å². The van der Waals surface area contributed by atoms with E-state index in [4.69, 9.17) is 34.8 Å². The number of nitrogens with zero attached hydrogens (tertiary/aromatic N) is 1. The van der Waals surface area contributed by atoms with Gasteiger partial charge in [0.15, 0.2) is 0 Å². The number of benzene rings is 1. The number of hydrogen-bond acceptors (Lipinski definition) is 4. The molecule has 0 fully saturated rings. The molecule has 0 saturated heterocycles. The topological polar surface area (TPSA) is 69.4 Å². The van der Waals surface area contributed by atoms with Gasteiger partial charge in [-0.1, -0.05) is 46.9 Å². The summed E-state index contributed by atoms with van der Waals surface area (Å²) in [5.41, 5.74) is 0.778. The molecule has 0 amide bonds. The number of methoxy groups -OCH3 is 1. The summed E-state index contributed by atoms with van der Waals surface area (Å²) in [5, 5.41) is 10.6. The average molecular weight is 327 g/mol. The number of esters is 1. The van der Waals surface area contributed by atoms with E-state index in [9.17, 15) is 14.9 Å². The zero-order valence-corrected chi connectivity index (χ0v) is 12.1. The van der Waals surface area contributed by atoms with Crippen LogP contribution in [0.4, 0.5) is 0 Å². The summed E-state index contributed by atoms with van der Waals surface area (Å²) in [7, 11) is 1.26. The second-order valence-corrected chi connectivity index (χ2v) is 6.09. The predicted molar refractivity (Wildman–Crippen MR) is 72.7 cm³/mol. The van der Waals surface area contributed by atoms with Crippen molar-refractivity contribution >= 4 is 40.8 Å². The standard InChI is InChI=1S/C11H10Cl3NO4/c1-19-10(16)8-4-2-7(3-5-8)9(6-15(17)18)11(12,13)14/h2-5,9H,6H2,1H3. The Hall–Kier alpha value is -1.04. The zero-order valence-electron chi connectivity index (χ0n) is 9.81. The number of alkyl halides is 3. The molecular weight excluding hydrogens is 316 g/mol. The smallest absolute Gasteiger partial charge is 0.337 e. The van der Waals surface area contributed by atoms with Crippen molar-refractivity contribution < 1.29 is 14.5 Å². The van der Waals surface area contributed by atoms with Gasteiger partial charge in [0.05, 0.1) is 18.6 Å². The van der Waals surface area contributed by atoms with Gasteiger partial charge in [0.2, 0.25) is 10.3 Å². The van der Waals surface area contributed by atoms with Crippen LogP contribution in [-0.4, -0.2) is 28.3 Å². The van der Waals surface area contributed by atoms with Gasteiger partial charge in [-0.3, -0.25) is 10.1 Å². The van der Waals surface area contributed by atoms with Gasteiger partial charge in [0.1, 0.15) is 0 Å². The van der Waals surface area contributed by atoms with Crippen molar-refractivity contribution in [3.8, 4) is 0 Å². The fourth-order valence-corrected chi connectivity index (χ4v) is 2.10. The third-order valence-corrected chi connectivity index (χ3v) is 3.25. The van der Waals surface area contributed by atoms with Crippen molar-refractivity contribution in [2.45, 2.75) is 9.71 Å². The van der Waals surface area contributed by atoms with E-state index >= 15 is 0 Å². The van der Waals surface area contributed by atoms with E-state index in [0.717, 1.165) is 0 Å². The Balaban J connectivity index is 3.04. The van der Waals surface area contributed by atoms with Crippen LogP contribution in [0.25, 0.3) is 0 Å². The number of carbonyl (C=O) groups is 1. The second-order valence-electron chi connectivity index (χ2n) is 3.72. The van der Waals surface area contributed by atoms with Gasteiger partial charge in [-0.05, 0) is 17.7 Å². The van der Waals surface area contributed by atoms with Crippen LogP contribution < -0.4 is 0 Å². The predicted octanol–water partition coefficient (Wildman–Crippen LogP) is 3.20. The summed E-state index contributed by atoms with van der Waals surface area (Å²) in [6.07, 6.45) is 0. The minimum absolute atomic E-state index is 0.315. The third kappa shape index (κ3) is 4.53. The van der Waals surface area contributed by atoms with Crippen molar-refractivity contribution in [3.63, 3.8) is 0 Å². The third-order valence-electron chi connectivity index (χ3n) is 2.46. The summed E-state index contributed by atoms with van der Waals surface area (Å²) < 4.78 is 2.74.